The number of nitrogens with zero attached hydrogens (tertiary/aromatic N) is 1. The predicted molar refractivity (Wildman–Crippen MR) is 81.5 cm³/mol. The van der Waals surface area contributed by atoms with Gasteiger partial charge in [0.1, 0.15) is 4.34 Å². The summed E-state index contributed by atoms with van der Waals surface area (Å²) >= 11 is 13.0. The van der Waals surface area contributed by atoms with Crippen LogP contribution in [0.1, 0.15) is 30.1 Å². The number of hydrogen-bond donors (Lipinski definition) is 1. The van der Waals surface area contributed by atoms with E-state index in [1.165, 1.54) is 11.3 Å². The van der Waals surface area contributed by atoms with E-state index in [0.717, 1.165) is 39.0 Å². The van der Waals surface area contributed by atoms with Crippen LogP contribution in [0.5, 0.6) is 0 Å². The molecule has 1 amide bonds. The molecule has 0 spiro atoms. The zero-order valence-corrected chi connectivity index (χ0v) is 13.2. The van der Waals surface area contributed by atoms with Crippen LogP contribution in [0.4, 0.5) is 0 Å². The van der Waals surface area contributed by atoms with Crippen LogP contribution in [0.25, 0.3) is 0 Å². The fourth-order valence-corrected chi connectivity index (χ4v) is 3.79. The maximum atomic E-state index is 12.0. The summed E-state index contributed by atoms with van der Waals surface area (Å²) in [5.74, 6) is 0.450. The number of halogens is 2. The zero-order valence-electron chi connectivity index (χ0n) is 10.9. The Balaban J connectivity index is 1.80. The third-order valence-corrected chi connectivity index (χ3v) is 5.09. The predicted octanol–water partition coefficient (Wildman–Crippen LogP) is 3.52. The van der Waals surface area contributed by atoms with Crippen molar-refractivity contribution in [3.05, 3.63) is 20.3 Å². The second kappa shape index (κ2) is 6.93. The first kappa shape index (κ1) is 15.1. The van der Waals surface area contributed by atoms with Crippen LogP contribution in [0, 0.1) is 5.92 Å². The van der Waals surface area contributed by atoms with Crippen molar-refractivity contribution < 1.29 is 4.79 Å². The molecule has 1 aromatic heterocycles. The van der Waals surface area contributed by atoms with Gasteiger partial charge >= 0.3 is 0 Å². The Morgan fingerprint density at radius 1 is 1.47 bits per heavy atom. The van der Waals surface area contributed by atoms with Crippen LogP contribution in [0.15, 0.2) is 6.07 Å². The SMILES string of the molecule is CCN1CCC(CNC(=O)c2cc(Cl)sc2Cl)CC1. The minimum absolute atomic E-state index is 0.119. The molecule has 0 aromatic carbocycles. The quantitative estimate of drug-likeness (QED) is 0.920. The fourth-order valence-electron chi connectivity index (χ4n) is 2.33. The van der Waals surface area contributed by atoms with Gasteiger partial charge in [-0.15, -0.1) is 11.3 Å². The van der Waals surface area contributed by atoms with E-state index in [4.69, 9.17) is 23.2 Å². The molecular weight excluding hydrogens is 303 g/mol. The minimum atomic E-state index is -0.119. The van der Waals surface area contributed by atoms with Crippen molar-refractivity contribution in [2.75, 3.05) is 26.2 Å². The Morgan fingerprint density at radius 3 is 2.68 bits per heavy atom. The van der Waals surface area contributed by atoms with Crippen molar-refractivity contribution in [3.8, 4) is 0 Å². The van der Waals surface area contributed by atoms with E-state index < -0.39 is 0 Å². The fraction of sp³-hybridized carbons (Fsp3) is 0.615. The van der Waals surface area contributed by atoms with E-state index in [0.29, 0.717) is 20.2 Å². The van der Waals surface area contributed by atoms with Crippen LogP contribution in [-0.4, -0.2) is 37.0 Å². The number of likely N-dealkylation sites (tertiary alicyclic amines) is 1. The highest BCUT2D eigenvalue weighted by atomic mass is 35.5. The molecular formula is C13H18Cl2N2OS. The second-order valence-corrected chi connectivity index (χ2v) is 7.11. The summed E-state index contributed by atoms with van der Waals surface area (Å²) in [4.78, 5) is 14.4. The van der Waals surface area contributed by atoms with E-state index >= 15 is 0 Å². The number of carbonyl (C=O) groups excluding carboxylic acids is 1. The zero-order chi connectivity index (χ0) is 13.8. The maximum absolute atomic E-state index is 12.0. The lowest BCUT2D eigenvalue weighted by Crippen LogP contribution is -2.38. The summed E-state index contributed by atoms with van der Waals surface area (Å²) in [7, 11) is 0. The lowest BCUT2D eigenvalue weighted by Gasteiger charge is -2.31. The summed E-state index contributed by atoms with van der Waals surface area (Å²) in [6.45, 7) is 6.27. The molecule has 6 heteroatoms. The van der Waals surface area contributed by atoms with Crippen molar-refractivity contribution >= 4 is 40.4 Å². The topological polar surface area (TPSA) is 32.3 Å². The number of rotatable bonds is 4. The molecule has 0 aliphatic carbocycles. The number of thiophene rings is 1. The second-order valence-electron chi connectivity index (χ2n) is 4.83. The van der Waals surface area contributed by atoms with Gasteiger partial charge in [-0.25, -0.2) is 0 Å². The minimum Gasteiger partial charge on any atom is -0.352 e. The lowest BCUT2D eigenvalue weighted by atomic mass is 9.97. The molecule has 0 saturated carbocycles. The summed E-state index contributed by atoms with van der Waals surface area (Å²) in [5, 5.41) is 2.96. The number of nitrogens with one attached hydrogen (secondary N) is 1. The van der Waals surface area contributed by atoms with Gasteiger partial charge in [0.05, 0.1) is 9.90 Å². The Hall–Kier alpha value is -0.290. The van der Waals surface area contributed by atoms with Crippen molar-refractivity contribution in [2.24, 2.45) is 5.92 Å². The summed E-state index contributed by atoms with van der Waals surface area (Å²) in [6, 6.07) is 1.63. The highest BCUT2D eigenvalue weighted by Crippen LogP contribution is 2.31. The standard InChI is InChI=1S/C13H18Cl2N2OS/c1-2-17-5-3-9(4-6-17)8-16-13(18)10-7-11(14)19-12(10)15/h7,9H,2-6,8H2,1H3,(H,16,18). The monoisotopic (exact) mass is 320 g/mol. The van der Waals surface area contributed by atoms with E-state index in [2.05, 4.69) is 17.1 Å². The summed E-state index contributed by atoms with van der Waals surface area (Å²) < 4.78 is 1.01. The number of hydrogen-bond acceptors (Lipinski definition) is 3. The first-order valence-corrected chi connectivity index (χ1v) is 8.12. The third kappa shape index (κ3) is 4.09. The van der Waals surface area contributed by atoms with Gasteiger partial charge < -0.3 is 10.2 Å². The van der Waals surface area contributed by atoms with Crippen LogP contribution in [-0.2, 0) is 0 Å². The van der Waals surface area contributed by atoms with Crippen molar-refractivity contribution in [1.29, 1.82) is 0 Å². The van der Waals surface area contributed by atoms with Crippen LogP contribution < -0.4 is 5.32 Å². The number of piperidine rings is 1. The molecule has 1 N–H and O–H groups in total. The molecule has 19 heavy (non-hydrogen) atoms. The summed E-state index contributed by atoms with van der Waals surface area (Å²) in [5.41, 5.74) is 0.489. The third-order valence-electron chi connectivity index (χ3n) is 3.61. The van der Waals surface area contributed by atoms with Crippen LogP contribution >= 0.6 is 34.5 Å². The molecule has 1 aromatic rings. The lowest BCUT2D eigenvalue weighted by molar-refractivity contribution is 0.0937. The van der Waals surface area contributed by atoms with Gasteiger partial charge in [0.25, 0.3) is 5.91 Å². The molecule has 1 fully saturated rings. The molecule has 0 bridgehead atoms. The maximum Gasteiger partial charge on any atom is 0.253 e. The largest absolute Gasteiger partial charge is 0.352 e. The first-order chi connectivity index (χ1) is 9.10. The van der Waals surface area contributed by atoms with Gasteiger partial charge in [0, 0.05) is 6.54 Å². The highest BCUT2D eigenvalue weighted by Gasteiger charge is 2.20. The van der Waals surface area contributed by atoms with Gasteiger partial charge in [-0.3, -0.25) is 4.79 Å². The Bertz CT molecular complexity index is 442. The first-order valence-electron chi connectivity index (χ1n) is 6.55. The highest BCUT2D eigenvalue weighted by molar-refractivity contribution is 7.20. The van der Waals surface area contributed by atoms with Crippen LogP contribution in [0.3, 0.4) is 0 Å². The van der Waals surface area contributed by atoms with Crippen molar-refractivity contribution in [1.82, 2.24) is 10.2 Å². The van der Waals surface area contributed by atoms with Crippen molar-refractivity contribution in [3.63, 3.8) is 0 Å². The van der Waals surface area contributed by atoms with E-state index in [9.17, 15) is 4.79 Å². The van der Waals surface area contributed by atoms with Crippen LogP contribution in [0.2, 0.25) is 8.67 Å². The number of amides is 1. The van der Waals surface area contributed by atoms with Gasteiger partial charge in [0.2, 0.25) is 0 Å². The molecule has 0 unspecified atom stereocenters. The van der Waals surface area contributed by atoms with E-state index in [1.807, 2.05) is 0 Å². The normalized spacial score (nSPS) is 17.6. The van der Waals surface area contributed by atoms with Gasteiger partial charge in [0.15, 0.2) is 0 Å². The van der Waals surface area contributed by atoms with Gasteiger partial charge in [-0.2, -0.15) is 0 Å². The van der Waals surface area contributed by atoms with Crippen molar-refractivity contribution in [2.45, 2.75) is 19.8 Å². The van der Waals surface area contributed by atoms with E-state index in [1.54, 1.807) is 6.07 Å². The molecule has 1 aliphatic rings. The molecule has 1 aliphatic heterocycles. The molecule has 106 valence electrons. The molecule has 2 heterocycles. The van der Waals surface area contributed by atoms with Gasteiger partial charge in [-0.1, -0.05) is 30.1 Å². The Labute approximate surface area is 127 Å². The average Bonchev–Trinajstić information content (AvgIpc) is 2.75. The molecule has 1 saturated heterocycles. The molecule has 2 rings (SSSR count). The molecule has 0 atom stereocenters. The Morgan fingerprint density at radius 2 is 2.16 bits per heavy atom. The smallest absolute Gasteiger partial charge is 0.253 e. The van der Waals surface area contributed by atoms with E-state index in [-0.39, 0.29) is 5.91 Å². The Kier molecular flexibility index (Phi) is 5.51. The number of carbonyl (C=O) groups is 1. The summed E-state index contributed by atoms with van der Waals surface area (Å²) in [6.07, 6.45) is 2.29. The average molecular weight is 321 g/mol. The van der Waals surface area contributed by atoms with Gasteiger partial charge in [-0.05, 0) is 44.5 Å². The molecule has 3 nitrogen and oxygen atoms in total. The molecule has 0 radical (unpaired) electrons.